The van der Waals surface area contributed by atoms with Crippen LogP contribution in [0.5, 0.6) is 0 Å². The van der Waals surface area contributed by atoms with Crippen molar-refractivity contribution in [1.29, 1.82) is 0 Å². The lowest BCUT2D eigenvalue weighted by atomic mass is 9.87. The van der Waals surface area contributed by atoms with Gasteiger partial charge in [-0.15, -0.1) is 0 Å². The van der Waals surface area contributed by atoms with Gasteiger partial charge in [-0.25, -0.2) is 0 Å². The fourth-order valence-electron chi connectivity index (χ4n) is 2.60. The highest BCUT2D eigenvalue weighted by Crippen LogP contribution is 2.26. The van der Waals surface area contributed by atoms with Gasteiger partial charge in [0.15, 0.2) is 0 Å². The van der Waals surface area contributed by atoms with Gasteiger partial charge in [0.25, 0.3) is 0 Å². The number of hydrogen-bond donors (Lipinski definition) is 0. The standard InChI is InChI=1S/C15H21NO/c1-11-9-15(17)13(3)16(12(11)2)10-14-7-5-4-6-8-14/h4-8,11-13H,9-10H2,1-3H3/t11-,12-,13-/m1/s1. The molecular weight excluding hydrogens is 210 g/mol. The Morgan fingerprint density at radius 1 is 1.18 bits per heavy atom. The number of hydrogen-bond acceptors (Lipinski definition) is 2. The Labute approximate surface area is 104 Å². The highest BCUT2D eigenvalue weighted by Gasteiger charge is 2.35. The van der Waals surface area contributed by atoms with Gasteiger partial charge in [0, 0.05) is 19.0 Å². The summed E-state index contributed by atoms with van der Waals surface area (Å²) < 4.78 is 0. The Hall–Kier alpha value is -1.15. The topological polar surface area (TPSA) is 20.3 Å². The van der Waals surface area contributed by atoms with Crippen LogP contribution in [0.3, 0.4) is 0 Å². The number of rotatable bonds is 2. The van der Waals surface area contributed by atoms with Crippen LogP contribution in [0.1, 0.15) is 32.8 Å². The first-order chi connectivity index (χ1) is 8.09. The molecule has 1 aromatic carbocycles. The molecule has 0 spiro atoms. The van der Waals surface area contributed by atoms with Crippen LogP contribution in [-0.4, -0.2) is 22.8 Å². The molecule has 1 aliphatic rings. The van der Waals surface area contributed by atoms with Crippen molar-refractivity contribution < 1.29 is 4.79 Å². The van der Waals surface area contributed by atoms with Crippen LogP contribution in [0, 0.1) is 5.92 Å². The number of Topliss-reactive ketones (excluding diaryl/α,β-unsaturated/α-hetero) is 1. The van der Waals surface area contributed by atoms with Crippen LogP contribution >= 0.6 is 0 Å². The summed E-state index contributed by atoms with van der Waals surface area (Å²) in [7, 11) is 0. The molecule has 0 unspecified atom stereocenters. The molecule has 2 heteroatoms. The predicted molar refractivity (Wildman–Crippen MR) is 69.7 cm³/mol. The molecule has 1 aromatic rings. The molecule has 0 aliphatic carbocycles. The zero-order chi connectivity index (χ0) is 12.4. The molecule has 0 bridgehead atoms. The summed E-state index contributed by atoms with van der Waals surface area (Å²) in [4.78, 5) is 14.2. The van der Waals surface area contributed by atoms with Crippen molar-refractivity contribution in [2.45, 2.75) is 45.8 Å². The van der Waals surface area contributed by atoms with Gasteiger partial charge < -0.3 is 0 Å². The average molecular weight is 231 g/mol. The van der Waals surface area contributed by atoms with Crippen LogP contribution in [0.25, 0.3) is 0 Å². The first-order valence-corrected chi connectivity index (χ1v) is 6.42. The predicted octanol–water partition coefficient (Wildman–Crippen LogP) is 2.87. The summed E-state index contributed by atoms with van der Waals surface area (Å²) in [6.45, 7) is 7.32. The van der Waals surface area contributed by atoms with Gasteiger partial charge in [-0.1, -0.05) is 37.3 Å². The summed E-state index contributed by atoms with van der Waals surface area (Å²) in [6, 6.07) is 10.9. The summed E-state index contributed by atoms with van der Waals surface area (Å²) in [6.07, 6.45) is 0.730. The van der Waals surface area contributed by atoms with Crippen molar-refractivity contribution in [3.63, 3.8) is 0 Å². The fourth-order valence-corrected chi connectivity index (χ4v) is 2.60. The van der Waals surface area contributed by atoms with Crippen LogP contribution < -0.4 is 0 Å². The molecule has 0 amide bonds. The van der Waals surface area contributed by atoms with Crippen molar-refractivity contribution in [1.82, 2.24) is 4.90 Å². The van der Waals surface area contributed by atoms with E-state index in [1.54, 1.807) is 0 Å². The zero-order valence-electron chi connectivity index (χ0n) is 10.9. The Kier molecular flexibility index (Phi) is 3.63. The quantitative estimate of drug-likeness (QED) is 0.780. The number of likely N-dealkylation sites (tertiary alicyclic amines) is 1. The molecule has 1 saturated heterocycles. The lowest BCUT2D eigenvalue weighted by molar-refractivity contribution is -0.130. The minimum atomic E-state index is 0.0569. The molecule has 0 radical (unpaired) electrons. The Morgan fingerprint density at radius 3 is 2.47 bits per heavy atom. The second kappa shape index (κ2) is 5.01. The first-order valence-electron chi connectivity index (χ1n) is 6.42. The number of ketones is 1. The van der Waals surface area contributed by atoms with Crippen molar-refractivity contribution >= 4 is 5.78 Å². The number of benzene rings is 1. The molecule has 1 heterocycles. The smallest absolute Gasteiger partial charge is 0.150 e. The van der Waals surface area contributed by atoms with Gasteiger partial charge in [0.1, 0.15) is 5.78 Å². The average Bonchev–Trinajstić information content (AvgIpc) is 2.33. The third-order valence-corrected chi connectivity index (χ3v) is 4.04. The van der Waals surface area contributed by atoms with E-state index in [1.165, 1.54) is 5.56 Å². The molecule has 0 aromatic heterocycles. The van der Waals surface area contributed by atoms with E-state index < -0.39 is 0 Å². The van der Waals surface area contributed by atoms with Gasteiger partial charge in [-0.05, 0) is 25.3 Å². The number of nitrogens with zero attached hydrogens (tertiary/aromatic N) is 1. The van der Waals surface area contributed by atoms with Crippen molar-refractivity contribution in [2.24, 2.45) is 5.92 Å². The molecule has 0 N–H and O–H groups in total. The monoisotopic (exact) mass is 231 g/mol. The molecule has 2 rings (SSSR count). The van der Waals surface area contributed by atoms with E-state index in [-0.39, 0.29) is 6.04 Å². The molecule has 2 nitrogen and oxygen atoms in total. The SMILES string of the molecule is C[C@@H]1CC(=O)[C@@H](C)N(Cc2ccccc2)[C@@H]1C. The number of piperidine rings is 1. The van der Waals surface area contributed by atoms with Gasteiger partial charge in [-0.3, -0.25) is 9.69 Å². The van der Waals surface area contributed by atoms with Crippen LogP contribution in [0.2, 0.25) is 0 Å². The van der Waals surface area contributed by atoms with Crippen LogP contribution in [0.15, 0.2) is 30.3 Å². The molecule has 1 aliphatic heterocycles. The number of carbonyl (C=O) groups excluding carboxylic acids is 1. The normalized spacial score (nSPS) is 30.5. The van der Waals surface area contributed by atoms with Crippen molar-refractivity contribution in [3.8, 4) is 0 Å². The molecular formula is C15H21NO. The fraction of sp³-hybridized carbons (Fsp3) is 0.533. The lowest BCUT2D eigenvalue weighted by Gasteiger charge is -2.41. The van der Waals surface area contributed by atoms with E-state index in [9.17, 15) is 4.79 Å². The lowest BCUT2D eigenvalue weighted by Crippen LogP contribution is -2.51. The van der Waals surface area contributed by atoms with E-state index in [0.29, 0.717) is 17.7 Å². The number of carbonyl (C=O) groups is 1. The Morgan fingerprint density at radius 2 is 1.82 bits per heavy atom. The van der Waals surface area contributed by atoms with E-state index in [2.05, 4.69) is 43.0 Å². The van der Waals surface area contributed by atoms with Gasteiger partial charge >= 0.3 is 0 Å². The van der Waals surface area contributed by atoms with E-state index in [1.807, 2.05) is 13.0 Å². The van der Waals surface area contributed by atoms with Gasteiger partial charge in [0.2, 0.25) is 0 Å². The Bertz CT molecular complexity index is 387. The van der Waals surface area contributed by atoms with Crippen LogP contribution in [0.4, 0.5) is 0 Å². The van der Waals surface area contributed by atoms with E-state index in [0.717, 1.165) is 13.0 Å². The zero-order valence-corrected chi connectivity index (χ0v) is 10.9. The maximum absolute atomic E-state index is 11.9. The summed E-state index contributed by atoms with van der Waals surface area (Å²) >= 11 is 0. The summed E-state index contributed by atoms with van der Waals surface area (Å²) in [5.41, 5.74) is 1.29. The third kappa shape index (κ3) is 2.58. The first kappa shape index (κ1) is 12.3. The van der Waals surface area contributed by atoms with Gasteiger partial charge in [0.05, 0.1) is 6.04 Å². The third-order valence-electron chi connectivity index (χ3n) is 4.04. The molecule has 92 valence electrons. The summed E-state index contributed by atoms with van der Waals surface area (Å²) in [5.74, 6) is 0.842. The summed E-state index contributed by atoms with van der Waals surface area (Å²) in [5, 5.41) is 0. The highest BCUT2D eigenvalue weighted by atomic mass is 16.1. The second-order valence-corrected chi connectivity index (χ2v) is 5.22. The minimum absolute atomic E-state index is 0.0569. The maximum Gasteiger partial charge on any atom is 0.150 e. The van der Waals surface area contributed by atoms with Crippen molar-refractivity contribution in [2.75, 3.05) is 0 Å². The molecule has 3 atom stereocenters. The van der Waals surface area contributed by atoms with E-state index >= 15 is 0 Å². The largest absolute Gasteiger partial charge is 0.298 e. The van der Waals surface area contributed by atoms with E-state index in [4.69, 9.17) is 0 Å². The second-order valence-electron chi connectivity index (χ2n) is 5.22. The maximum atomic E-state index is 11.9. The molecule has 1 fully saturated rings. The molecule has 17 heavy (non-hydrogen) atoms. The Balaban J connectivity index is 2.15. The minimum Gasteiger partial charge on any atom is -0.298 e. The van der Waals surface area contributed by atoms with Crippen molar-refractivity contribution in [3.05, 3.63) is 35.9 Å². The molecule has 0 saturated carbocycles. The van der Waals surface area contributed by atoms with Crippen LogP contribution in [-0.2, 0) is 11.3 Å². The highest BCUT2D eigenvalue weighted by molar-refractivity contribution is 5.84. The van der Waals surface area contributed by atoms with Gasteiger partial charge in [-0.2, -0.15) is 0 Å².